The molecule has 2 rings (SSSR count). The van der Waals surface area contributed by atoms with Gasteiger partial charge in [0.15, 0.2) is 0 Å². The van der Waals surface area contributed by atoms with Gasteiger partial charge >= 0.3 is 18.2 Å². The number of carbonyl (C=O) groups is 2. The van der Waals surface area contributed by atoms with Crippen LogP contribution in [0.5, 0.6) is 0 Å². The molecule has 2 aromatic rings. The lowest BCUT2D eigenvalue weighted by Crippen LogP contribution is -2.37. The maximum Gasteiger partial charge on any atom is 0.471 e. The molecular weight excluding hydrogens is 417 g/mol. The third-order valence-corrected chi connectivity index (χ3v) is 4.24. The van der Waals surface area contributed by atoms with Crippen molar-refractivity contribution in [3.63, 3.8) is 0 Å². The largest absolute Gasteiger partial charge is 0.471 e. The van der Waals surface area contributed by atoms with E-state index in [0.29, 0.717) is 21.1 Å². The molecule has 0 aliphatic carbocycles. The Balaban J connectivity index is 2.32. The van der Waals surface area contributed by atoms with Crippen LogP contribution >= 0.6 is 15.9 Å². The van der Waals surface area contributed by atoms with Crippen LogP contribution in [0.4, 0.5) is 18.0 Å². The van der Waals surface area contributed by atoms with E-state index in [1.807, 2.05) is 5.32 Å². The van der Waals surface area contributed by atoms with Crippen LogP contribution in [0.25, 0.3) is 10.9 Å². The predicted molar refractivity (Wildman–Crippen MR) is 94.0 cm³/mol. The lowest BCUT2D eigenvalue weighted by atomic mass is 10.1. The second-order valence-corrected chi connectivity index (χ2v) is 7.36. The maximum atomic E-state index is 12.5. The van der Waals surface area contributed by atoms with Crippen molar-refractivity contribution in [2.75, 3.05) is 6.54 Å². The van der Waals surface area contributed by atoms with Crippen molar-refractivity contribution in [1.29, 1.82) is 0 Å². The average molecular weight is 435 g/mol. The van der Waals surface area contributed by atoms with E-state index in [1.165, 1.54) is 4.57 Å². The Labute approximate surface area is 156 Å². The summed E-state index contributed by atoms with van der Waals surface area (Å²) in [5, 5.41) is 2.52. The number of ether oxygens (including phenoxy) is 1. The summed E-state index contributed by atoms with van der Waals surface area (Å²) in [6.07, 6.45) is -5.42. The summed E-state index contributed by atoms with van der Waals surface area (Å²) in [7, 11) is 0. The van der Waals surface area contributed by atoms with Crippen molar-refractivity contribution < 1.29 is 27.5 Å². The topological polar surface area (TPSA) is 60.3 Å². The second-order valence-electron chi connectivity index (χ2n) is 6.61. The van der Waals surface area contributed by atoms with Crippen molar-refractivity contribution in [2.24, 2.45) is 0 Å². The molecule has 9 heteroatoms. The van der Waals surface area contributed by atoms with Gasteiger partial charge in [0.05, 0.1) is 10.1 Å². The molecule has 0 unspecified atom stereocenters. The Hall–Kier alpha value is -2.03. The van der Waals surface area contributed by atoms with Crippen LogP contribution in [0.2, 0.25) is 0 Å². The molecule has 1 heterocycles. The number of aromatic nitrogens is 1. The predicted octanol–water partition coefficient (Wildman–Crippen LogP) is 4.41. The van der Waals surface area contributed by atoms with Gasteiger partial charge in [0.1, 0.15) is 5.60 Å². The maximum absolute atomic E-state index is 12.5. The van der Waals surface area contributed by atoms with Crippen molar-refractivity contribution in [3.05, 3.63) is 34.4 Å². The van der Waals surface area contributed by atoms with E-state index in [1.54, 1.807) is 45.0 Å². The molecule has 0 fully saturated rings. The van der Waals surface area contributed by atoms with Crippen LogP contribution in [-0.4, -0.2) is 34.9 Å². The van der Waals surface area contributed by atoms with Crippen molar-refractivity contribution in [2.45, 2.75) is 39.0 Å². The van der Waals surface area contributed by atoms with Crippen LogP contribution < -0.4 is 5.32 Å². The molecular formula is C17H18BrF3N2O3. The van der Waals surface area contributed by atoms with Gasteiger partial charge in [0.2, 0.25) is 0 Å². The minimum absolute atomic E-state index is 0.110. The smallest absolute Gasteiger partial charge is 0.443 e. The highest BCUT2D eigenvalue weighted by Gasteiger charge is 2.38. The summed E-state index contributed by atoms with van der Waals surface area (Å²) in [4.78, 5) is 23.5. The first-order chi connectivity index (χ1) is 11.9. The summed E-state index contributed by atoms with van der Waals surface area (Å²) in [6, 6.07) is 6.96. The highest BCUT2D eigenvalue weighted by molar-refractivity contribution is 9.10. The molecule has 0 radical (unpaired) electrons. The molecule has 142 valence electrons. The Kier molecular flexibility index (Phi) is 5.70. The van der Waals surface area contributed by atoms with E-state index < -0.39 is 23.8 Å². The molecule has 26 heavy (non-hydrogen) atoms. The SMILES string of the molecule is CC(C)(C)OC(=O)n1c(Br)c(CCNC(=O)C(F)(F)F)c2ccccc21. The van der Waals surface area contributed by atoms with Gasteiger partial charge in [-0.3, -0.25) is 4.79 Å². The minimum Gasteiger partial charge on any atom is -0.443 e. The number of rotatable bonds is 3. The van der Waals surface area contributed by atoms with Gasteiger partial charge in [-0.1, -0.05) is 18.2 Å². The molecule has 1 aromatic carbocycles. The standard InChI is InChI=1S/C17H18BrF3N2O3/c1-16(2,3)26-15(25)23-12-7-5-4-6-10(12)11(13(23)18)8-9-22-14(24)17(19,20)21/h4-7H,8-9H2,1-3H3,(H,22,24). The molecule has 5 nitrogen and oxygen atoms in total. The highest BCUT2D eigenvalue weighted by Crippen LogP contribution is 2.31. The van der Waals surface area contributed by atoms with Crippen LogP contribution in [-0.2, 0) is 16.0 Å². The number of hydrogen-bond acceptors (Lipinski definition) is 3. The van der Waals surface area contributed by atoms with Gasteiger partial charge in [-0.15, -0.1) is 0 Å². The van der Waals surface area contributed by atoms with Crippen LogP contribution in [0, 0.1) is 0 Å². The van der Waals surface area contributed by atoms with E-state index in [4.69, 9.17) is 4.74 Å². The average Bonchev–Trinajstić information content (AvgIpc) is 2.77. The van der Waals surface area contributed by atoms with E-state index in [9.17, 15) is 22.8 Å². The fraction of sp³-hybridized carbons (Fsp3) is 0.412. The number of nitrogens with zero attached hydrogens (tertiary/aromatic N) is 1. The first-order valence-electron chi connectivity index (χ1n) is 7.78. The van der Waals surface area contributed by atoms with Crippen LogP contribution in [0.1, 0.15) is 26.3 Å². The van der Waals surface area contributed by atoms with Gasteiger partial charge < -0.3 is 10.1 Å². The zero-order valence-electron chi connectivity index (χ0n) is 14.4. The molecule has 0 bridgehead atoms. The van der Waals surface area contributed by atoms with Crippen LogP contribution in [0.15, 0.2) is 28.9 Å². The lowest BCUT2D eigenvalue weighted by molar-refractivity contribution is -0.173. The van der Waals surface area contributed by atoms with Gasteiger partial charge in [0.25, 0.3) is 0 Å². The molecule has 0 atom stereocenters. The molecule has 0 saturated carbocycles. The normalized spacial score (nSPS) is 12.3. The fourth-order valence-electron chi connectivity index (χ4n) is 2.40. The minimum atomic E-state index is -4.93. The highest BCUT2D eigenvalue weighted by atomic mass is 79.9. The Morgan fingerprint density at radius 2 is 1.81 bits per heavy atom. The molecule has 1 amide bonds. The Bertz CT molecular complexity index is 838. The van der Waals surface area contributed by atoms with Crippen molar-refractivity contribution in [1.82, 2.24) is 9.88 Å². The van der Waals surface area contributed by atoms with Gasteiger partial charge in [0, 0.05) is 11.9 Å². The molecule has 1 aromatic heterocycles. The summed E-state index contributed by atoms with van der Waals surface area (Å²) < 4.78 is 44.0. The number of nitrogens with one attached hydrogen (secondary N) is 1. The van der Waals surface area contributed by atoms with E-state index in [-0.39, 0.29) is 13.0 Å². The zero-order valence-corrected chi connectivity index (χ0v) is 16.0. The Morgan fingerprint density at radius 3 is 2.38 bits per heavy atom. The van der Waals surface area contributed by atoms with Crippen molar-refractivity contribution >= 4 is 38.8 Å². The number of para-hydroxylation sites is 1. The fourth-order valence-corrected chi connectivity index (χ4v) is 3.15. The van der Waals surface area contributed by atoms with Crippen molar-refractivity contribution in [3.8, 4) is 0 Å². The third-order valence-electron chi connectivity index (χ3n) is 3.41. The van der Waals surface area contributed by atoms with Gasteiger partial charge in [-0.2, -0.15) is 13.2 Å². The van der Waals surface area contributed by atoms with Gasteiger partial charge in [-0.25, -0.2) is 9.36 Å². The van der Waals surface area contributed by atoms with Gasteiger partial charge in [-0.05, 0) is 54.8 Å². The molecule has 0 aliphatic heterocycles. The molecule has 0 aliphatic rings. The number of fused-ring (bicyclic) bond motifs is 1. The summed E-state index contributed by atoms with van der Waals surface area (Å²) in [5.74, 6) is -2.00. The summed E-state index contributed by atoms with van der Waals surface area (Å²) in [5.41, 5.74) is 0.461. The monoisotopic (exact) mass is 434 g/mol. The summed E-state index contributed by atoms with van der Waals surface area (Å²) >= 11 is 3.34. The number of alkyl halides is 3. The molecule has 0 spiro atoms. The number of carbonyl (C=O) groups excluding carboxylic acids is 2. The second kappa shape index (κ2) is 7.30. The number of amides is 1. The number of benzene rings is 1. The third kappa shape index (κ3) is 4.57. The quantitative estimate of drug-likeness (QED) is 0.778. The first kappa shape index (κ1) is 20.3. The number of halogens is 4. The zero-order chi connectivity index (χ0) is 19.7. The van der Waals surface area contributed by atoms with E-state index in [2.05, 4.69) is 15.9 Å². The first-order valence-corrected chi connectivity index (χ1v) is 8.57. The van der Waals surface area contributed by atoms with E-state index in [0.717, 1.165) is 0 Å². The number of hydrogen-bond donors (Lipinski definition) is 1. The van der Waals surface area contributed by atoms with E-state index >= 15 is 0 Å². The van der Waals surface area contributed by atoms with Crippen LogP contribution in [0.3, 0.4) is 0 Å². The summed E-state index contributed by atoms with van der Waals surface area (Å²) in [6.45, 7) is 4.98. The Morgan fingerprint density at radius 1 is 1.19 bits per heavy atom. The lowest BCUT2D eigenvalue weighted by Gasteiger charge is -2.20. The molecule has 1 N–H and O–H groups in total. The molecule has 0 saturated heterocycles.